The van der Waals surface area contributed by atoms with Crippen molar-refractivity contribution in [1.29, 1.82) is 0 Å². The fourth-order valence-corrected chi connectivity index (χ4v) is 5.40. The lowest BCUT2D eigenvalue weighted by molar-refractivity contribution is 0.0352. The minimum atomic E-state index is -0.254. The number of nitrogens with zero attached hydrogens (tertiary/aromatic N) is 2. The number of para-hydroxylation sites is 1. The van der Waals surface area contributed by atoms with Crippen molar-refractivity contribution >= 4 is 29.2 Å². The van der Waals surface area contributed by atoms with E-state index in [-0.39, 0.29) is 41.5 Å². The molecule has 7 nitrogen and oxygen atoms in total. The van der Waals surface area contributed by atoms with Gasteiger partial charge in [-0.1, -0.05) is 18.2 Å². The molecular formula is C25H36ClN3O4. The Morgan fingerprint density at radius 2 is 1.82 bits per heavy atom. The van der Waals surface area contributed by atoms with Crippen LogP contribution in [0.1, 0.15) is 55.9 Å². The Bertz CT molecular complexity index is 995. The van der Waals surface area contributed by atoms with E-state index in [9.17, 15) is 9.59 Å². The number of carbonyl (C=O) groups is 1. The van der Waals surface area contributed by atoms with Gasteiger partial charge in [-0.05, 0) is 57.0 Å². The first kappa shape index (κ1) is 25.7. The molecule has 3 heterocycles. The molecule has 2 fully saturated rings. The summed E-state index contributed by atoms with van der Waals surface area (Å²) in [6.45, 7) is 6.82. The summed E-state index contributed by atoms with van der Waals surface area (Å²) >= 11 is 0. The topological polar surface area (TPSA) is 72.8 Å². The molecule has 0 saturated carbocycles. The standard InChI is InChI=1S/C25H35N3O4.ClH/c1-17(2)28-23-7-5-4-6-18(23)14-22(25(28)30)24(29)26-19-15-20-8-9-21(16-19)27(20)10-11-32-13-12-31-3;/h4-7,14,17,19-21H,8-13,15-16H2,1-3H3,(H,26,29);1H. The summed E-state index contributed by atoms with van der Waals surface area (Å²) in [5, 5.41) is 4.10. The largest absolute Gasteiger partial charge is 0.382 e. The minimum absolute atomic E-state index is 0. The van der Waals surface area contributed by atoms with Crippen molar-refractivity contribution in [2.75, 3.05) is 33.5 Å². The maximum atomic E-state index is 13.2. The molecule has 33 heavy (non-hydrogen) atoms. The summed E-state index contributed by atoms with van der Waals surface area (Å²) < 4.78 is 12.4. The number of fused-ring (bicyclic) bond motifs is 3. The molecule has 2 bridgehead atoms. The second-order valence-electron chi connectivity index (χ2n) is 9.26. The van der Waals surface area contributed by atoms with Crippen LogP contribution in [0.15, 0.2) is 35.1 Å². The number of benzene rings is 1. The monoisotopic (exact) mass is 477 g/mol. The first-order valence-electron chi connectivity index (χ1n) is 11.8. The third-order valence-corrected chi connectivity index (χ3v) is 6.85. The van der Waals surface area contributed by atoms with Gasteiger partial charge in [0.1, 0.15) is 5.56 Å². The highest BCUT2D eigenvalue weighted by atomic mass is 35.5. The van der Waals surface area contributed by atoms with Crippen LogP contribution < -0.4 is 10.9 Å². The molecule has 2 unspecified atom stereocenters. The summed E-state index contributed by atoms with van der Waals surface area (Å²) in [4.78, 5) is 28.9. The van der Waals surface area contributed by atoms with E-state index in [0.29, 0.717) is 31.9 Å². The van der Waals surface area contributed by atoms with Crippen LogP contribution in [0, 0.1) is 0 Å². The number of piperidine rings is 1. The molecule has 1 N–H and O–H groups in total. The summed E-state index contributed by atoms with van der Waals surface area (Å²) in [7, 11) is 1.68. The summed E-state index contributed by atoms with van der Waals surface area (Å²) in [5.41, 5.74) is 0.881. The summed E-state index contributed by atoms with van der Waals surface area (Å²) in [6.07, 6.45) is 4.16. The van der Waals surface area contributed by atoms with E-state index in [4.69, 9.17) is 9.47 Å². The first-order valence-corrected chi connectivity index (χ1v) is 11.8. The molecule has 2 aliphatic heterocycles. The molecule has 4 rings (SSSR count). The smallest absolute Gasteiger partial charge is 0.264 e. The highest BCUT2D eigenvalue weighted by molar-refractivity contribution is 5.97. The van der Waals surface area contributed by atoms with Crippen LogP contribution in [0.5, 0.6) is 0 Å². The number of carbonyl (C=O) groups excluding carboxylic acids is 1. The first-order chi connectivity index (χ1) is 15.5. The zero-order chi connectivity index (χ0) is 22.7. The number of aromatic nitrogens is 1. The average Bonchev–Trinajstić information content (AvgIpc) is 3.00. The van der Waals surface area contributed by atoms with Crippen molar-refractivity contribution < 1.29 is 14.3 Å². The van der Waals surface area contributed by atoms with Crippen molar-refractivity contribution in [2.24, 2.45) is 0 Å². The number of amides is 1. The number of hydrogen-bond acceptors (Lipinski definition) is 5. The SMILES string of the molecule is COCCOCCN1C2CCC1CC(NC(=O)c1cc3ccccc3n(C(C)C)c1=O)C2.Cl. The van der Waals surface area contributed by atoms with Crippen LogP contribution in [0.2, 0.25) is 0 Å². The normalized spacial score (nSPS) is 22.5. The lowest BCUT2D eigenvalue weighted by Crippen LogP contribution is -2.51. The van der Waals surface area contributed by atoms with Gasteiger partial charge in [0.05, 0.1) is 25.3 Å². The van der Waals surface area contributed by atoms with Crippen LogP contribution in [0.4, 0.5) is 0 Å². The number of nitrogens with one attached hydrogen (secondary N) is 1. The van der Waals surface area contributed by atoms with Crippen molar-refractivity contribution in [3.8, 4) is 0 Å². The van der Waals surface area contributed by atoms with E-state index in [1.165, 1.54) is 0 Å². The maximum absolute atomic E-state index is 13.2. The van der Waals surface area contributed by atoms with E-state index in [1.807, 2.05) is 38.1 Å². The van der Waals surface area contributed by atoms with Crippen molar-refractivity contribution in [3.63, 3.8) is 0 Å². The quantitative estimate of drug-likeness (QED) is 0.560. The van der Waals surface area contributed by atoms with Crippen LogP contribution in [0.25, 0.3) is 10.9 Å². The second-order valence-corrected chi connectivity index (χ2v) is 9.26. The zero-order valence-electron chi connectivity index (χ0n) is 19.8. The van der Waals surface area contributed by atoms with Crippen LogP contribution in [-0.2, 0) is 9.47 Å². The predicted molar refractivity (Wildman–Crippen MR) is 133 cm³/mol. The Balaban J connectivity index is 0.00000306. The Morgan fingerprint density at radius 3 is 2.48 bits per heavy atom. The van der Waals surface area contributed by atoms with E-state index in [2.05, 4.69) is 10.2 Å². The molecule has 0 spiro atoms. The molecule has 2 atom stereocenters. The van der Waals surface area contributed by atoms with Gasteiger partial charge < -0.3 is 19.4 Å². The lowest BCUT2D eigenvalue weighted by Gasteiger charge is -2.39. The summed E-state index contributed by atoms with van der Waals surface area (Å²) in [5.74, 6) is -0.254. The number of hydrogen-bond donors (Lipinski definition) is 1. The highest BCUT2D eigenvalue weighted by Crippen LogP contribution is 2.35. The van der Waals surface area contributed by atoms with Gasteiger partial charge in [0.2, 0.25) is 0 Å². The third kappa shape index (κ3) is 5.60. The Hall–Kier alpha value is -1.93. The summed E-state index contributed by atoms with van der Waals surface area (Å²) in [6, 6.07) is 10.5. The van der Waals surface area contributed by atoms with Crippen molar-refractivity contribution in [3.05, 3.63) is 46.2 Å². The molecule has 8 heteroatoms. The van der Waals surface area contributed by atoms with Gasteiger partial charge in [0.25, 0.3) is 11.5 Å². The van der Waals surface area contributed by atoms with Gasteiger partial charge in [-0.15, -0.1) is 12.4 Å². The predicted octanol–water partition coefficient (Wildman–Crippen LogP) is 3.39. The average molecular weight is 478 g/mol. The third-order valence-electron chi connectivity index (χ3n) is 6.85. The number of pyridine rings is 1. The minimum Gasteiger partial charge on any atom is -0.382 e. The Kier molecular flexibility index (Phi) is 8.93. The van der Waals surface area contributed by atoms with E-state index in [1.54, 1.807) is 17.7 Å². The molecular weight excluding hydrogens is 442 g/mol. The Labute approximate surface area is 201 Å². The highest BCUT2D eigenvalue weighted by Gasteiger charge is 2.40. The fraction of sp³-hybridized carbons (Fsp3) is 0.600. The van der Waals surface area contributed by atoms with E-state index < -0.39 is 0 Å². The molecule has 1 aromatic carbocycles. The van der Waals surface area contributed by atoms with Gasteiger partial charge in [-0.2, -0.15) is 0 Å². The van der Waals surface area contributed by atoms with E-state index >= 15 is 0 Å². The van der Waals surface area contributed by atoms with Crippen molar-refractivity contribution in [1.82, 2.24) is 14.8 Å². The molecule has 1 aromatic heterocycles. The van der Waals surface area contributed by atoms with Crippen LogP contribution >= 0.6 is 12.4 Å². The van der Waals surface area contributed by atoms with Gasteiger partial charge in [0, 0.05) is 37.8 Å². The Morgan fingerprint density at radius 1 is 1.12 bits per heavy atom. The molecule has 182 valence electrons. The number of ether oxygens (including phenoxy) is 2. The fourth-order valence-electron chi connectivity index (χ4n) is 5.40. The number of halogens is 1. The zero-order valence-corrected chi connectivity index (χ0v) is 20.6. The molecule has 1 amide bonds. The molecule has 2 aromatic rings. The maximum Gasteiger partial charge on any atom is 0.264 e. The molecule has 0 radical (unpaired) electrons. The molecule has 2 aliphatic rings. The second kappa shape index (κ2) is 11.5. The molecule has 0 aliphatic carbocycles. The van der Waals surface area contributed by atoms with Gasteiger partial charge >= 0.3 is 0 Å². The van der Waals surface area contributed by atoms with E-state index in [0.717, 1.165) is 43.1 Å². The van der Waals surface area contributed by atoms with Crippen LogP contribution in [0.3, 0.4) is 0 Å². The van der Waals surface area contributed by atoms with Crippen LogP contribution in [-0.4, -0.2) is 67.0 Å². The van der Waals surface area contributed by atoms with Crippen molar-refractivity contribution in [2.45, 2.75) is 63.7 Å². The van der Waals surface area contributed by atoms with Gasteiger partial charge in [-0.3, -0.25) is 14.5 Å². The lowest BCUT2D eigenvalue weighted by atomic mass is 9.97. The van der Waals surface area contributed by atoms with Gasteiger partial charge in [-0.25, -0.2) is 0 Å². The number of methoxy groups -OCH3 is 1. The number of rotatable bonds is 9. The molecule has 2 saturated heterocycles. The van der Waals surface area contributed by atoms with Gasteiger partial charge in [0.15, 0.2) is 0 Å².